The third-order valence-electron chi connectivity index (χ3n) is 6.96. The molecule has 3 N–H and O–H groups in total. The lowest BCUT2D eigenvalue weighted by atomic mass is 9.79. The first-order valence-corrected chi connectivity index (χ1v) is 12.3. The number of aromatic amines is 1. The minimum atomic E-state index is 0.0859. The second kappa shape index (κ2) is 9.12. The monoisotopic (exact) mass is 459 g/mol. The molecule has 7 nitrogen and oxygen atoms in total. The molecule has 0 atom stereocenters. The number of fused-ring (bicyclic) bond motifs is 2. The van der Waals surface area contributed by atoms with Crippen molar-refractivity contribution in [3.05, 3.63) is 42.5 Å². The van der Waals surface area contributed by atoms with E-state index in [-0.39, 0.29) is 11.9 Å². The standard InChI is InChI=1S/C27H33N5O2/c1-16(2)34-22-6-4-5-20-15-21(30-23(20)22)24-25-26(28)29-13-14-32(25)27(31-24)19-11-9-18(10-12-19)8-7-17(3)33/h4-6,13-16,18-19,30H,7-12H2,1-3H3,(H2,28,29). The van der Waals surface area contributed by atoms with E-state index in [1.807, 2.05) is 32.2 Å². The number of hydrogen-bond acceptors (Lipinski definition) is 5. The molecule has 0 spiro atoms. The maximum atomic E-state index is 11.4. The molecule has 4 aromatic rings. The van der Waals surface area contributed by atoms with Gasteiger partial charge < -0.3 is 20.2 Å². The molecule has 1 aliphatic carbocycles. The molecule has 1 aliphatic rings. The Bertz CT molecular complexity index is 1330. The van der Waals surface area contributed by atoms with Crippen LogP contribution in [0.4, 0.5) is 5.82 Å². The summed E-state index contributed by atoms with van der Waals surface area (Å²) in [5.41, 5.74) is 9.91. The lowest BCUT2D eigenvalue weighted by Crippen LogP contribution is -2.16. The molecule has 1 aromatic carbocycles. The van der Waals surface area contributed by atoms with Gasteiger partial charge in [-0.05, 0) is 70.9 Å². The number of rotatable bonds is 7. The minimum absolute atomic E-state index is 0.0859. The van der Waals surface area contributed by atoms with Crippen molar-refractivity contribution in [3.8, 4) is 17.1 Å². The number of nitrogens with one attached hydrogen (secondary N) is 1. The molecule has 1 fully saturated rings. The van der Waals surface area contributed by atoms with E-state index in [0.717, 1.165) is 71.5 Å². The summed E-state index contributed by atoms with van der Waals surface area (Å²) in [6.45, 7) is 5.74. The number of para-hydroxylation sites is 1. The zero-order valence-electron chi connectivity index (χ0n) is 20.2. The SMILES string of the molecule is CC(=O)CCC1CCC(c2nc(-c3cc4cccc(OC(C)C)c4[nH]3)c3c(N)nccn23)CC1. The maximum absolute atomic E-state index is 11.4. The molecular weight excluding hydrogens is 426 g/mol. The highest BCUT2D eigenvalue weighted by Gasteiger charge is 2.28. The van der Waals surface area contributed by atoms with E-state index in [4.69, 9.17) is 15.5 Å². The van der Waals surface area contributed by atoms with Gasteiger partial charge in [-0.15, -0.1) is 0 Å². The summed E-state index contributed by atoms with van der Waals surface area (Å²) in [7, 11) is 0. The number of nitrogen functional groups attached to an aromatic ring is 1. The van der Waals surface area contributed by atoms with Crippen molar-refractivity contribution in [1.29, 1.82) is 0 Å². The second-order valence-corrected chi connectivity index (χ2v) is 9.88. The summed E-state index contributed by atoms with van der Waals surface area (Å²) in [6, 6.07) is 8.18. The molecule has 3 heterocycles. The fraction of sp³-hybridized carbons (Fsp3) is 0.444. The van der Waals surface area contributed by atoms with Crippen LogP contribution in [0.1, 0.15) is 71.0 Å². The molecule has 0 radical (unpaired) electrons. The van der Waals surface area contributed by atoms with Gasteiger partial charge in [0.1, 0.15) is 34.4 Å². The number of aromatic nitrogens is 4. The molecule has 3 aromatic heterocycles. The Morgan fingerprint density at radius 1 is 1.26 bits per heavy atom. The number of ether oxygens (including phenoxy) is 1. The molecule has 7 heteroatoms. The summed E-state index contributed by atoms with van der Waals surface area (Å²) in [6.07, 6.45) is 9.90. The van der Waals surface area contributed by atoms with Gasteiger partial charge >= 0.3 is 0 Å². The number of carbonyl (C=O) groups is 1. The van der Waals surface area contributed by atoms with Gasteiger partial charge in [-0.1, -0.05) is 12.1 Å². The first kappa shape index (κ1) is 22.4. The molecular formula is C27H33N5O2. The van der Waals surface area contributed by atoms with E-state index < -0.39 is 0 Å². The zero-order chi connectivity index (χ0) is 23.8. The van der Waals surface area contributed by atoms with Gasteiger partial charge in [-0.3, -0.25) is 4.40 Å². The number of hydrogen-bond donors (Lipinski definition) is 2. The number of benzene rings is 1. The number of anilines is 1. The summed E-state index contributed by atoms with van der Waals surface area (Å²) in [4.78, 5) is 24.4. The van der Waals surface area contributed by atoms with E-state index >= 15 is 0 Å². The summed E-state index contributed by atoms with van der Waals surface area (Å²) < 4.78 is 8.14. The zero-order valence-corrected chi connectivity index (χ0v) is 20.2. The van der Waals surface area contributed by atoms with Crippen molar-refractivity contribution >= 4 is 28.0 Å². The van der Waals surface area contributed by atoms with Crippen molar-refractivity contribution in [2.45, 2.75) is 71.3 Å². The van der Waals surface area contributed by atoms with Crippen LogP contribution in [-0.4, -0.2) is 31.2 Å². The third-order valence-corrected chi connectivity index (χ3v) is 6.96. The fourth-order valence-electron chi connectivity index (χ4n) is 5.29. The Balaban J connectivity index is 1.51. The molecule has 0 amide bonds. The maximum Gasteiger partial charge on any atom is 0.150 e. The van der Waals surface area contributed by atoms with Gasteiger partial charge in [0, 0.05) is 30.1 Å². The highest BCUT2D eigenvalue weighted by molar-refractivity contribution is 5.93. The van der Waals surface area contributed by atoms with Gasteiger partial charge in [-0.25, -0.2) is 9.97 Å². The first-order chi connectivity index (χ1) is 16.4. The van der Waals surface area contributed by atoms with Crippen LogP contribution in [0.25, 0.3) is 27.8 Å². The molecule has 0 aliphatic heterocycles. The smallest absolute Gasteiger partial charge is 0.150 e. The van der Waals surface area contributed by atoms with Crippen LogP contribution < -0.4 is 10.5 Å². The number of nitrogens with two attached hydrogens (primary N) is 1. The molecule has 5 rings (SSSR count). The van der Waals surface area contributed by atoms with Crippen molar-refractivity contribution in [1.82, 2.24) is 19.4 Å². The van der Waals surface area contributed by atoms with Gasteiger partial charge in [0.25, 0.3) is 0 Å². The quantitative estimate of drug-likeness (QED) is 0.359. The lowest BCUT2D eigenvalue weighted by Gasteiger charge is -2.27. The molecule has 34 heavy (non-hydrogen) atoms. The van der Waals surface area contributed by atoms with Crippen LogP contribution in [0.2, 0.25) is 0 Å². The predicted molar refractivity (Wildman–Crippen MR) is 135 cm³/mol. The number of carbonyl (C=O) groups excluding carboxylic acids is 1. The molecule has 178 valence electrons. The largest absolute Gasteiger partial charge is 0.489 e. The topological polar surface area (TPSA) is 98.3 Å². The Kier molecular flexibility index (Phi) is 6.02. The number of ketones is 1. The van der Waals surface area contributed by atoms with Crippen LogP contribution in [0.3, 0.4) is 0 Å². The molecule has 0 unspecified atom stereocenters. The van der Waals surface area contributed by atoms with Crippen LogP contribution in [0.5, 0.6) is 5.75 Å². The predicted octanol–water partition coefficient (Wildman–Crippen LogP) is 5.89. The molecule has 0 bridgehead atoms. The third kappa shape index (κ3) is 4.27. The Hall–Kier alpha value is -3.35. The Labute approximate surface area is 199 Å². The van der Waals surface area contributed by atoms with Gasteiger partial charge in [0.2, 0.25) is 0 Å². The summed E-state index contributed by atoms with van der Waals surface area (Å²) in [5, 5.41) is 1.07. The van der Waals surface area contributed by atoms with E-state index in [0.29, 0.717) is 24.1 Å². The van der Waals surface area contributed by atoms with Crippen LogP contribution in [0, 0.1) is 5.92 Å². The van der Waals surface area contributed by atoms with Crippen molar-refractivity contribution in [3.63, 3.8) is 0 Å². The van der Waals surface area contributed by atoms with Gasteiger partial charge in [-0.2, -0.15) is 0 Å². The van der Waals surface area contributed by atoms with E-state index in [2.05, 4.69) is 26.5 Å². The number of imidazole rings is 1. The van der Waals surface area contributed by atoms with E-state index in [9.17, 15) is 4.79 Å². The van der Waals surface area contributed by atoms with Crippen molar-refractivity contribution in [2.75, 3.05) is 5.73 Å². The number of nitrogens with zero attached hydrogens (tertiary/aromatic N) is 3. The van der Waals surface area contributed by atoms with Crippen LogP contribution >= 0.6 is 0 Å². The second-order valence-electron chi connectivity index (χ2n) is 9.88. The average molecular weight is 460 g/mol. The summed E-state index contributed by atoms with van der Waals surface area (Å²) >= 11 is 0. The average Bonchev–Trinajstić information content (AvgIpc) is 3.41. The first-order valence-electron chi connectivity index (χ1n) is 12.3. The Morgan fingerprint density at radius 2 is 2.06 bits per heavy atom. The lowest BCUT2D eigenvalue weighted by molar-refractivity contribution is -0.117. The Morgan fingerprint density at radius 3 is 2.79 bits per heavy atom. The van der Waals surface area contributed by atoms with Crippen LogP contribution in [-0.2, 0) is 4.79 Å². The van der Waals surface area contributed by atoms with E-state index in [1.165, 1.54) is 0 Å². The minimum Gasteiger partial charge on any atom is -0.489 e. The van der Waals surface area contributed by atoms with Crippen molar-refractivity contribution in [2.24, 2.45) is 5.92 Å². The normalized spacial score (nSPS) is 18.7. The van der Waals surface area contributed by atoms with Crippen LogP contribution in [0.15, 0.2) is 36.7 Å². The fourth-order valence-corrected chi connectivity index (χ4v) is 5.29. The highest BCUT2D eigenvalue weighted by Crippen LogP contribution is 2.40. The number of H-pyrrole nitrogens is 1. The van der Waals surface area contributed by atoms with Gasteiger partial charge in [0.15, 0.2) is 0 Å². The molecule has 0 saturated heterocycles. The molecule has 1 saturated carbocycles. The summed E-state index contributed by atoms with van der Waals surface area (Å²) in [5.74, 6) is 3.63. The van der Waals surface area contributed by atoms with E-state index in [1.54, 1.807) is 13.1 Å². The van der Waals surface area contributed by atoms with Crippen molar-refractivity contribution < 1.29 is 9.53 Å². The van der Waals surface area contributed by atoms with Gasteiger partial charge in [0.05, 0.1) is 17.3 Å². The highest BCUT2D eigenvalue weighted by atomic mass is 16.5. The number of Topliss-reactive ketones (excluding diaryl/α,β-unsaturated/α-hetero) is 1.